The van der Waals surface area contributed by atoms with Gasteiger partial charge in [-0.05, 0) is 55.5 Å². The van der Waals surface area contributed by atoms with E-state index in [1.807, 2.05) is 12.1 Å². The minimum atomic E-state index is -0.129. The maximum absolute atomic E-state index is 12.2. The molecule has 1 saturated carbocycles. The number of carbonyl (C=O) groups is 1. The summed E-state index contributed by atoms with van der Waals surface area (Å²) in [6.45, 7) is 2.91. The summed E-state index contributed by atoms with van der Waals surface area (Å²) in [5, 5.41) is 6.57. The third kappa shape index (κ3) is 4.87. The Labute approximate surface area is 148 Å². The lowest BCUT2D eigenvalue weighted by Crippen LogP contribution is -2.36. The first-order valence-corrected chi connectivity index (χ1v) is 8.73. The van der Waals surface area contributed by atoms with Crippen molar-refractivity contribution in [2.45, 2.75) is 31.8 Å². The van der Waals surface area contributed by atoms with E-state index >= 15 is 0 Å². The predicted molar refractivity (Wildman–Crippen MR) is 98.6 cm³/mol. The standard InChI is InChI=1S/C20H25N3O2/c1-14(22-19(13-25-2)16-3-4-16)15-5-7-18(8-6-15)23-20(24)17-9-11-21-12-10-17/h5-12,14,16,19,22H,3-4,13H2,1-2H3,(H,23,24)/t14-,19-/m0/s1. The molecule has 2 atom stereocenters. The molecule has 5 nitrogen and oxygen atoms in total. The Balaban J connectivity index is 1.58. The van der Waals surface area contributed by atoms with Crippen molar-refractivity contribution in [1.82, 2.24) is 10.3 Å². The Morgan fingerprint density at radius 2 is 1.88 bits per heavy atom. The second-order valence-electron chi connectivity index (χ2n) is 6.60. The number of hydrogen-bond donors (Lipinski definition) is 2. The van der Waals surface area contributed by atoms with Crippen LogP contribution in [-0.2, 0) is 4.74 Å². The van der Waals surface area contributed by atoms with Crippen molar-refractivity contribution in [1.29, 1.82) is 0 Å². The van der Waals surface area contributed by atoms with Crippen LogP contribution in [0.4, 0.5) is 5.69 Å². The van der Waals surface area contributed by atoms with E-state index in [2.05, 4.69) is 34.7 Å². The van der Waals surface area contributed by atoms with Gasteiger partial charge in [0.15, 0.2) is 0 Å². The van der Waals surface area contributed by atoms with Gasteiger partial charge >= 0.3 is 0 Å². The van der Waals surface area contributed by atoms with Gasteiger partial charge in [0.2, 0.25) is 0 Å². The quantitative estimate of drug-likeness (QED) is 0.774. The fraction of sp³-hybridized carbons (Fsp3) is 0.400. The second-order valence-corrected chi connectivity index (χ2v) is 6.60. The van der Waals surface area contributed by atoms with Crippen LogP contribution in [-0.4, -0.2) is 30.6 Å². The lowest BCUT2D eigenvalue weighted by atomic mass is 10.1. The van der Waals surface area contributed by atoms with E-state index < -0.39 is 0 Å². The molecule has 1 fully saturated rings. The van der Waals surface area contributed by atoms with E-state index in [1.165, 1.54) is 18.4 Å². The zero-order valence-electron chi connectivity index (χ0n) is 14.7. The summed E-state index contributed by atoms with van der Waals surface area (Å²) in [4.78, 5) is 16.1. The molecule has 1 aliphatic rings. The van der Waals surface area contributed by atoms with Crippen LogP contribution in [0.5, 0.6) is 0 Å². The number of nitrogens with one attached hydrogen (secondary N) is 2. The highest BCUT2D eigenvalue weighted by atomic mass is 16.5. The summed E-state index contributed by atoms with van der Waals surface area (Å²) in [6.07, 6.45) is 5.80. The Morgan fingerprint density at radius 1 is 1.20 bits per heavy atom. The number of carbonyl (C=O) groups excluding carboxylic acids is 1. The van der Waals surface area contributed by atoms with Gasteiger partial charge in [0.25, 0.3) is 5.91 Å². The first-order valence-electron chi connectivity index (χ1n) is 8.73. The normalized spacial score (nSPS) is 16.2. The lowest BCUT2D eigenvalue weighted by Gasteiger charge is -2.23. The fourth-order valence-corrected chi connectivity index (χ4v) is 2.98. The van der Waals surface area contributed by atoms with E-state index in [1.54, 1.807) is 31.6 Å². The molecule has 0 aliphatic heterocycles. The average Bonchev–Trinajstić information content (AvgIpc) is 3.48. The molecule has 0 bridgehead atoms. The van der Waals surface area contributed by atoms with Gasteiger partial charge in [0.1, 0.15) is 0 Å². The van der Waals surface area contributed by atoms with Crippen LogP contribution >= 0.6 is 0 Å². The first-order chi connectivity index (χ1) is 12.2. The van der Waals surface area contributed by atoms with E-state index in [-0.39, 0.29) is 11.9 Å². The van der Waals surface area contributed by atoms with Gasteiger partial charge in [-0.1, -0.05) is 12.1 Å². The van der Waals surface area contributed by atoms with E-state index in [0.717, 1.165) is 18.2 Å². The molecule has 25 heavy (non-hydrogen) atoms. The van der Waals surface area contributed by atoms with Crippen LogP contribution < -0.4 is 10.6 Å². The van der Waals surface area contributed by atoms with Crippen molar-refractivity contribution < 1.29 is 9.53 Å². The zero-order chi connectivity index (χ0) is 17.6. The lowest BCUT2D eigenvalue weighted by molar-refractivity contribution is 0.102. The number of anilines is 1. The highest BCUT2D eigenvalue weighted by Crippen LogP contribution is 2.34. The number of methoxy groups -OCH3 is 1. The first kappa shape index (κ1) is 17.6. The molecule has 1 amide bonds. The Kier molecular flexibility index (Phi) is 5.79. The van der Waals surface area contributed by atoms with Gasteiger partial charge in [-0.2, -0.15) is 0 Å². The van der Waals surface area contributed by atoms with Crippen molar-refractivity contribution >= 4 is 11.6 Å². The molecule has 3 rings (SSSR count). The molecule has 1 heterocycles. The molecule has 2 N–H and O–H groups in total. The maximum atomic E-state index is 12.2. The van der Waals surface area contributed by atoms with Gasteiger partial charge in [-0.3, -0.25) is 9.78 Å². The number of aromatic nitrogens is 1. The Bertz CT molecular complexity index is 684. The van der Waals surface area contributed by atoms with Gasteiger partial charge in [-0.25, -0.2) is 0 Å². The number of amides is 1. The second kappa shape index (κ2) is 8.23. The van der Waals surface area contributed by atoms with Crippen molar-refractivity contribution in [3.8, 4) is 0 Å². The maximum Gasteiger partial charge on any atom is 0.255 e. The molecule has 1 aliphatic carbocycles. The SMILES string of the molecule is COC[C@H](N[C@@H](C)c1ccc(NC(=O)c2ccncc2)cc1)C1CC1. The van der Waals surface area contributed by atoms with E-state index in [9.17, 15) is 4.79 Å². The number of ether oxygens (including phenoxy) is 1. The third-order valence-corrected chi connectivity index (χ3v) is 4.61. The van der Waals surface area contributed by atoms with Gasteiger partial charge in [0, 0.05) is 42.8 Å². The molecule has 0 saturated heterocycles. The summed E-state index contributed by atoms with van der Waals surface area (Å²) in [5.74, 6) is 0.608. The fourth-order valence-electron chi connectivity index (χ4n) is 2.98. The third-order valence-electron chi connectivity index (χ3n) is 4.61. The average molecular weight is 339 g/mol. The highest BCUT2D eigenvalue weighted by molar-refractivity contribution is 6.04. The summed E-state index contributed by atoms with van der Waals surface area (Å²) in [6, 6.07) is 12.0. The highest BCUT2D eigenvalue weighted by Gasteiger charge is 2.31. The largest absolute Gasteiger partial charge is 0.383 e. The molecular formula is C20H25N3O2. The molecule has 1 aromatic carbocycles. The summed E-state index contributed by atoms with van der Waals surface area (Å²) in [7, 11) is 1.75. The van der Waals surface area contributed by atoms with Crippen molar-refractivity contribution in [2.24, 2.45) is 5.92 Å². The number of benzene rings is 1. The Morgan fingerprint density at radius 3 is 2.48 bits per heavy atom. The van der Waals surface area contributed by atoms with Crippen molar-refractivity contribution in [3.63, 3.8) is 0 Å². The minimum Gasteiger partial charge on any atom is -0.383 e. The molecule has 2 aromatic rings. The van der Waals surface area contributed by atoms with E-state index in [0.29, 0.717) is 11.6 Å². The number of hydrogen-bond acceptors (Lipinski definition) is 4. The van der Waals surface area contributed by atoms with Gasteiger partial charge < -0.3 is 15.4 Å². The van der Waals surface area contributed by atoms with Crippen LogP contribution in [0.15, 0.2) is 48.8 Å². The molecule has 1 aromatic heterocycles. The Hall–Kier alpha value is -2.24. The summed E-state index contributed by atoms with van der Waals surface area (Å²) < 4.78 is 5.33. The minimum absolute atomic E-state index is 0.129. The van der Waals surface area contributed by atoms with Crippen LogP contribution in [0.2, 0.25) is 0 Å². The molecule has 0 spiro atoms. The van der Waals surface area contributed by atoms with Gasteiger partial charge in [0.05, 0.1) is 6.61 Å². The predicted octanol–water partition coefficient (Wildman–Crippen LogP) is 3.41. The topological polar surface area (TPSA) is 63.2 Å². The van der Waals surface area contributed by atoms with Crippen LogP contribution in [0.1, 0.15) is 41.7 Å². The summed E-state index contributed by atoms with van der Waals surface area (Å²) >= 11 is 0. The van der Waals surface area contributed by atoms with Crippen LogP contribution in [0.25, 0.3) is 0 Å². The van der Waals surface area contributed by atoms with Crippen LogP contribution in [0.3, 0.4) is 0 Å². The number of pyridine rings is 1. The number of rotatable bonds is 8. The molecule has 0 unspecified atom stereocenters. The van der Waals surface area contributed by atoms with Crippen LogP contribution in [0, 0.1) is 5.92 Å². The summed E-state index contributed by atoms with van der Waals surface area (Å²) in [5.41, 5.74) is 2.58. The van der Waals surface area contributed by atoms with Crippen molar-refractivity contribution in [2.75, 3.05) is 19.0 Å². The molecular weight excluding hydrogens is 314 g/mol. The zero-order valence-corrected chi connectivity index (χ0v) is 14.7. The molecule has 0 radical (unpaired) electrons. The van der Waals surface area contributed by atoms with E-state index in [4.69, 9.17) is 4.74 Å². The molecule has 5 heteroatoms. The molecule has 132 valence electrons. The smallest absolute Gasteiger partial charge is 0.255 e. The monoisotopic (exact) mass is 339 g/mol. The van der Waals surface area contributed by atoms with Gasteiger partial charge in [-0.15, -0.1) is 0 Å². The number of nitrogens with zero attached hydrogens (tertiary/aromatic N) is 1. The van der Waals surface area contributed by atoms with Crippen molar-refractivity contribution in [3.05, 3.63) is 59.9 Å².